The number of anilines is 1. The van der Waals surface area contributed by atoms with Crippen LogP contribution in [-0.4, -0.2) is 25.6 Å². The summed E-state index contributed by atoms with van der Waals surface area (Å²) in [5.74, 6) is 0.878. The van der Waals surface area contributed by atoms with Crippen LogP contribution in [0.4, 0.5) is 5.69 Å². The monoisotopic (exact) mass is 336 g/mol. The van der Waals surface area contributed by atoms with Crippen LogP contribution in [0.5, 0.6) is 0 Å². The van der Waals surface area contributed by atoms with Crippen molar-refractivity contribution in [2.24, 2.45) is 4.99 Å². The molecule has 0 amide bonds. The van der Waals surface area contributed by atoms with Gasteiger partial charge in [-0.1, -0.05) is 42.5 Å². The Balaban J connectivity index is 1.60. The molecule has 0 bridgehead atoms. The van der Waals surface area contributed by atoms with Gasteiger partial charge in [-0.15, -0.1) is 0 Å². The van der Waals surface area contributed by atoms with E-state index in [1.54, 1.807) is 0 Å². The van der Waals surface area contributed by atoms with Crippen molar-refractivity contribution >= 4 is 11.6 Å². The van der Waals surface area contributed by atoms with E-state index in [4.69, 9.17) is 0 Å². The van der Waals surface area contributed by atoms with Gasteiger partial charge < -0.3 is 15.5 Å². The van der Waals surface area contributed by atoms with Crippen LogP contribution in [0.3, 0.4) is 0 Å². The second-order valence-electron chi connectivity index (χ2n) is 6.34. The van der Waals surface area contributed by atoms with E-state index in [1.165, 1.54) is 22.4 Å². The van der Waals surface area contributed by atoms with Crippen molar-refractivity contribution in [3.8, 4) is 0 Å². The molecule has 0 atom stereocenters. The van der Waals surface area contributed by atoms with Crippen molar-refractivity contribution < 1.29 is 0 Å². The van der Waals surface area contributed by atoms with Gasteiger partial charge in [-0.05, 0) is 43.0 Å². The first-order chi connectivity index (χ1) is 12.3. The maximum Gasteiger partial charge on any atom is 0.191 e. The Morgan fingerprint density at radius 2 is 1.64 bits per heavy atom. The molecule has 0 saturated heterocycles. The molecule has 0 spiro atoms. The summed E-state index contributed by atoms with van der Waals surface area (Å²) in [5, 5.41) is 6.51. The zero-order valence-corrected chi connectivity index (χ0v) is 15.3. The molecular weight excluding hydrogens is 308 g/mol. The molecular formula is C21H28N4. The molecule has 1 aliphatic heterocycles. The number of para-hydroxylation sites is 1. The molecule has 1 heterocycles. The molecule has 3 rings (SSSR count). The van der Waals surface area contributed by atoms with Gasteiger partial charge >= 0.3 is 0 Å². The standard InChI is InChI=1S/C21H28N4/c1-3-22-21(23-4-2)24-15-17-9-11-18(12-10-17)16-25-14-13-19-7-5-6-8-20(19)25/h5-12H,3-4,13-16H2,1-2H3,(H2,22,23,24). The van der Waals surface area contributed by atoms with Crippen LogP contribution in [0.2, 0.25) is 0 Å². The normalized spacial score (nSPS) is 12.6. The number of hydrogen-bond donors (Lipinski definition) is 2. The Labute approximate surface area is 151 Å². The zero-order chi connectivity index (χ0) is 17.5. The first-order valence-corrected chi connectivity index (χ1v) is 9.23. The van der Waals surface area contributed by atoms with Crippen LogP contribution in [0, 0.1) is 0 Å². The highest BCUT2D eigenvalue weighted by Crippen LogP contribution is 2.28. The van der Waals surface area contributed by atoms with Crippen molar-refractivity contribution in [2.45, 2.75) is 33.4 Å². The third-order valence-corrected chi connectivity index (χ3v) is 4.49. The Morgan fingerprint density at radius 1 is 0.960 bits per heavy atom. The maximum atomic E-state index is 4.62. The van der Waals surface area contributed by atoms with E-state index in [-0.39, 0.29) is 0 Å². The molecule has 2 aromatic rings. The summed E-state index contributed by atoms with van der Waals surface area (Å²) in [4.78, 5) is 7.09. The van der Waals surface area contributed by atoms with Crippen LogP contribution >= 0.6 is 0 Å². The molecule has 0 radical (unpaired) electrons. The van der Waals surface area contributed by atoms with Gasteiger partial charge in [0.05, 0.1) is 6.54 Å². The Morgan fingerprint density at radius 3 is 2.36 bits per heavy atom. The number of rotatable bonds is 6. The van der Waals surface area contributed by atoms with Crippen LogP contribution in [-0.2, 0) is 19.5 Å². The lowest BCUT2D eigenvalue weighted by molar-refractivity contribution is 0.832. The Bertz CT molecular complexity index is 698. The average molecular weight is 336 g/mol. The summed E-state index contributed by atoms with van der Waals surface area (Å²) >= 11 is 0. The molecule has 25 heavy (non-hydrogen) atoms. The summed E-state index contributed by atoms with van der Waals surface area (Å²) in [5.41, 5.74) is 5.44. The number of benzene rings is 2. The molecule has 0 saturated carbocycles. The van der Waals surface area contributed by atoms with Gasteiger partial charge in [0.1, 0.15) is 0 Å². The van der Waals surface area contributed by atoms with Gasteiger partial charge in [-0.25, -0.2) is 4.99 Å². The predicted molar refractivity (Wildman–Crippen MR) is 106 cm³/mol. The molecule has 0 aliphatic carbocycles. The number of nitrogens with zero attached hydrogens (tertiary/aromatic N) is 2. The number of guanidine groups is 1. The van der Waals surface area contributed by atoms with Crippen LogP contribution in [0.25, 0.3) is 0 Å². The average Bonchev–Trinajstić information content (AvgIpc) is 3.04. The topological polar surface area (TPSA) is 39.7 Å². The molecule has 0 fully saturated rings. The molecule has 4 heteroatoms. The molecule has 1 aliphatic rings. The van der Waals surface area contributed by atoms with E-state index in [0.717, 1.165) is 38.6 Å². The van der Waals surface area contributed by atoms with E-state index in [9.17, 15) is 0 Å². The predicted octanol–water partition coefficient (Wildman–Crippen LogP) is 3.32. The maximum absolute atomic E-state index is 4.62. The summed E-state index contributed by atoms with van der Waals surface area (Å²) < 4.78 is 0. The number of aliphatic imine (C=N–C) groups is 1. The van der Waals surface area contributed by atoms with E-state index >= 15 is 0 Å². The zero-order valence-electron chi connectivity index (χ0n) is 15.3. The Kier molecular flexibility index (Phi) is 5.94. The van der Waals surface area contributed by atoms with Crippen molar-refractivity contribution in [3.63, 3.8) is 0 Å². The van der Waals surface area contributed by atoms with E-state index in [0.29, 0.717) is 6.54 Å². The number of hydrogen-bond acceptors (Lipinski definition) is 2. The quantitative estimate of drug-likeness (QED) is 0.628. The third kappa shape index (κ3) is 4.53. The van der Waals surface area contributed by atoms with Crippen molar-refractivity contribution in [1.82, 2.24) is 10.6 Å². The van der Waals surface area contributed by atoms with Crippen LogP contribution in [0.1, 0.15) is 30.5 Å². The van der Waals surface area contributed by atoms with E-state index in [2.05, 4.69) is 82.9 Å². The highest BCUT2D eigenvalue weighted by atomic mass is 15.2. The molecule has 2 N–H and O–H groups in total. The minimum absolute atomic E-state index is 0.697. The number of nitrogens with one attached hydrogen (secondary N) is 2. The van der Waals surface area contributed by atoms with Gasteiger partial charge in [0.15, 0.2) is 5.96 Å². The van der Waals surface area contributed by atoms with Crippen molar-refractivity contribution in [3.05, 3.63) is 65.2 Å². The lowest BCUT2D eigenvalue weighted by atomic mass is 10.1. The van der Waals surface area contributed by atoms with Gasteiger partial charge in [-0.2, -0.15) is 0 Å². The fraction of sp³-hybridized carbons (Fsp3) is 0.381. The van der Waals surface area contributed by atoms with Gasteiger partial charge in [0.25, 0.3) is 0 Å². The van der Waals surface area contributed by atoms with E-state index in [1.807, 2.05) is 0 Å². The summed E-state index contributed by atoms with van der Waals surface area (Å²) in [7, 11) is 0. The molecule has 2 aromatic carbocycles. The van der Waals surface area contributed by atoms with E-state index < -0.39 is 0 Å². The molecule has 132 valence electrons. The van der Waals surface area contributed by atoms with Gasteiger partial charge in [0.2, 0.25) is 0 Å². The Hall–Kier alpha value is -2.49. The smallest absolute Gasteiger partial charge is 0.191 e. The minimum Gasteiger partial charge on any atom is -0.367 e. The fourth-order valence-electron chi connectivity index (χ4n) is 3.22. The van der Waals surface area contributed by atoms with Crippen molar-refractivity contribution in [1.29, 1.82) is 0 Å². The van der Waals surface area contributed by atoms with Gasteiger partial charge in [-0.3, -0.25) is 0 Å². The number of fused-ring (bicyclic) bond motifs is 1. The largest absolute Gasteiger partial charge is 0.367 e. The summed E-state index contributed by atoms with van der Waals surface area (Å²) in [6.07, 6.45) is 1.15. The minimum atomic E-state index is 0.697. The second kappa shape index (κ2) is 8.56. The highest BCUT2D eigenvalue weighted by molar-refractivity contribution is 5.79. The third-order valence-electron chi connectivity index (χ3n) is 4.49. The lowest BCUT2D eigenvalue weighted by Crippen LogP contribution is -2.36. The SMILES string of the molecule is CCNC(=NCc1ccc(CN2CCc3ccccc32)cc1)NCC. The first-order valence-electron chi connectivity index (χ1n) is 9.23. The fourth-order valence-corrected chi connectivity index (χ4v) is 3.22. The summed E-state index contributed by atoms with van der Waals surface area (Å²) in [6, 6.07) is 17.6. The summed E-state index contributed by atoms with van der Waals surface area (Å²) in [6.45, 7) is 8.70. The lowest BCUT2D eigenvalue weighted by Gasteiger charge is -2.19. The molecule has 0 aromatic heterocycles. The van der Waals surface area contributed by atoms with Gasteiger partial charge in [0, 0.05) is 31.9 Å². The second-order valence-corrected chi connectivity index (χ2v) is 6.34. The highest BCUT2D eigenvalue weighted by Gasteiger charge is 2.17. The first kappa shape index (κ1) is 17.3. The van der Waals surface area contributed by atoms with Crippen LogP contribution in [0.15, 0.2) is 53.5 Å². The van der Waals surface area contributed by atoms with Crippen molar-refractivity contribution in [2.75, 3.05) is 24.5 Å². The van der Waals surface area contributed by atoms with Crippen LogP contribution < -0.4 is 15.5 Å². The molecule has 0 unspecified atom stereocenters. The molecule has 4 nitrogen and oxygen atoms in total.